The van der Waals surface area contributed by atoms with E-state index in [0.717, 1.165) is 22.4 Å². The molecule has 194 valence electrons. The van der Waals surface area contributed by atoms with Crippen molar-refractivity contribution in [1.82, 2.24) is 4.31 Å². The summed E-state index contributed by atoms with van der Waals surface area (Å²) in [6.45, 7) is 7.24. The summed E-state index contributed by atoms with van der Waals surface area (Å²) in [4.78, 5) is 15.3. The van der Waals surface area contributed by atoms with Crippen LogP contribution in [-0.2, 0) is 19.6 Å². The number of anilines is 1. The molecule has 1 atom stereocenters. The SMILES string of the molecule is Cc1ccc(S(=O)(=O)N2C=C(c3ccccc3)N3c4ccccc4C=CC3/C2=C\C(=O)OC(C)(C)C)cc1. The Bertz CT molecular complexity index is 1560. The maximum absolute atomic E-state index is 14.1. The molecule has 2 aliphatic heterocycles. The number of carbonyl (C=O) groups is 1. The summed E-state index contributed by atoms with van der Waals surface area (Å²) in [5.41, 5.74) is 3.96. The van der Waals surface area contributed by atoms with Gasteiger partial charge in [-0.3, -0.25) is 0 Å². The molecule has 2 heterocycles. The van der Waals surface area contributed by atoms with Crippen LogP contribution in [0, 0.1) is 6.92 Å². The van der Waals surface area contributed by atoms with Gasteiger partial charge in [0.05, 0.1) is 22.3 Å². The molecule has 2 aliphatic rings. The number of aryl methyl sites for hydroxylation is 1. The molecule has 1 unspecified atom stereocenters. The molecule has 0 N–H and O–H groups in total. The molecule has 0 saturated heterocycles. The monoisotopic (exact) mass is 526 g/mol. The van der Waals surface area contributed by atoms with Crippen LogP contribution >= 0.6 is 0 Å². The number of rotatable bonds is 4. The van der Waals surface area contributed by atoms with Gasteiger partial charge in [-0.2, -0.15) is 0 Å². The van der Waals surface area contributed by atoms with Crippen LogP contribution < -0.4 is 4.90 Å². The van der Waals surface area contributed by atoms with Crippen molar-refractivity contribution in [3.63, 3.8) is 0 Å². The van der Waals surface area contributed by atoms with Gasteiger partial charge in [-0.25, -0.2) is 17.5 Å². The zero-order valence-electron chi connectivity index (χ0n) is 21.8. The second-order valence-electron chi connectivity index (χ2n) is 10.3. The van der Waals surface area contributed by atoms with E-state index in [4.69, 9.17) is 4.74 Å². The van der Waals surface area contributed by atoms with E-state index in [1.807, 2.05) is 73.7 Å². The zero-order valence-corrected chi connectivity index (χ0v) is 22.6. The molecule has 38 heavy (non-hydrogen) atoms. The predicted octanol–water partition coefficient (Wildman–Crippen LogP) is 6.13. The lowest BCUT2D eigenvalue weighted by atomic mass is 9.96. The van der Waals surface area contributed by atoms with E-state index < -0.39 is 27.6 Å². The normalized spacial score (nSPS) is 18.1. The van der Waals surface area contributed by atoms with Crippen molar-refractivity contribution in [1.29, 1.82) is 0 Å². The van der Waals surface area contributed by atoms with E-state index in [9.17, 15) is 13.2 Å². The van der Waals surface area contributed by atoms with Gasteiger partial charge in [0, 0.05) is 18.0 Å². The van der Waals surface area contributed by atoms with Gasteiger partial charge in [0.25, 0.3) is 10.0 Å². The molecule has 0 aromatic heterocycles. The standard InChI is InChI=1S/C31H30N2O4S/c1-22-14-17-25(18-15-22)38(35,36)32-21-29(23-10-6-5-7-11-23)33-26-13-9-8-12-24(26)16-19-27(33)28(32)20-30(34)37-31(2,3)4/h5-21,27H,1-4H3/b28-20+. The first-order chi connectivity index (χ1) is 18.0. The highest BCUT2D eigenvalue weighted by Gasteiger charge is 2.40. The number of hydrogen-bond donors (Lipinski definition) is 0. The van der Waals surface area contributed by atoms with Gasteiger partial charge in [-0.1, -0.05) is 78.4 Å². The summed E-state index contributed by atoms with van der Waals surface area (Å²) in [7, 11) is -4.07. The molecule has 0 radical (unpaired) electrons. The summed E-state index contributed by atoms with van der Waals surface area (Å²) in [5.74, 6) is -0.611. The van der Waals surface area contributed by atoms with Crippen LogP contribution in [-0.4, -0.2) is 30.3 Å². The Morgan fingerprint density at radius 1 is 0.921 bits per heavy atom. The number of esters is 1. The minimum atomic E-state index is -4.07. The van der Waals surface area contributed by atoms with Crippen LogP contribution in [0.1, 0.15) is 37.5 Å². The molecule has 0 aliphatic carbocycles. The summed E-state index contributed by atoms with van der Waals surface area (Å²) in [5, 5.41) is 0. The van der Waals surface area contributed by atoms with Crippen LogP contribution in [0.25, 0.3) is 11.8 Å². The first-order valence-corrected chi connectivity index (χ1v) is 13.9. The Morgan fingerprint density at radius 2 is 1.58 bits per heavy atom. The van der Waals surface area contributed by atoms with E-state index >= 15 is 0 Å². The molecule has 5 rings (SSSR count). The first kappa shape index (κ1) is 25.5. The number of ether oxygens (including phenoxy) is 1. The van der Waals surface area contributed by atoms with Crippen molar-refractivity contribution in [2.75, 3.05) is 4.90 Å². The van der Waals surface area contributed by atoms with E-state index in [2.05, 4.69) is 4.90 Å². The zero-order chi connectivity index (χ0) is 27.1. The summed E-state index contributed by atoms with van der Waals surface area (Å²) < 4.78 is 35.0. The van der Waals surface area contributed by atoms with E-state index in [1.165, 1.54) is 10.4 Å². The third-order valence-electron chi connectivity index (χ3n) is 6.31. The van der Waals surface area contributed by atoms with Crippen molar-refractivity contribution in [3.8, 4) is 0 Å². The largest absolute Gasteiger partial charge is 0.457 e. The Kier molecular flexibility index (Phi) is 6.49. The van der Waals surface area contributed by atoms with Crippen LogP contribution in [0.15, 0.2) is 108 Å². The van der Waals surface area contributed by atoms with Crippen molar-refractivity contribution >= 4 is 33.5 Å². The molecular weight excluding hydrogens is 496 g/mol. The second kappa shape index (κ2) is 9.65. The van der Waals surface area contributed by atoms with Gasteiger partial charge in [0.2, 0.25) is 0 Å². The number of benzene rings is 3. The maximum Gasteiger partial charge on any atom is 0.333 e. The van der Waals surface area contributed by atoms with E-state index in [1.54, 1.807) is 51.2 Å². The number of fused-ring (bicyclic) bond motifs is 3. The topological polar surface area (TPSA) is 66.9 Å². The lowest BCUT2D eigenvalue weighted by molar-refractivity contribution is -0.148. The van der Waals surface area contributed by atoms with Crippen molar-refractivity contribution in [2.45, 2.75) is 44.2 Å². The van der Waals surface area contributed by atoms with Crippen LogP contribution in [0.2, 0.25) is 0 Å². The molecule has 7 heteroatoms. The van der Waals surface area contributed by atoms with Crippen LogP contribution in [0.4, 0.5) is 5.69 Å². The number of carbonyl (C=O) groups excluding carboxylic acids is 1. The first-order valence-electron chi connectivity index (χ1n) is 12.4. The summed E-state index contributed by atoms with van der Waals surface area (Å²) >= 11 is 0. The third-order valence-corrected chi connectivity index (χ3v) is 8.01. The Hall–Kier alpha value is -4.10. The molecule has 6 nitrogen and oxygen atoms in total. The lowest BCUT2D eigenvalue weighted by Crippen LogP contribution is -2.47. The minimum absolute atomic E-state index is 0.135. The van der Waals surface area contributed by atoms with Gasteiger partial charge in [0.1, 0.15) is 5.60 Å². The Balaban J connectivity index is 1.76. The number of sulfonamides is 1. The molecule has 0 bridgehead atoms. The fourth-order valence-electron chi connectivity index (χ4n) is 4.62. The van der Waals surface area contributed by atoms with Gasteiger partial charge < -0.3 is 9.64 Å². The molecule has 0 saturated carbocycles. The molecule has 3 aromatic carbocycles. The van der Waals surface area contributed by atoms with Gasteiger partial charge in [-0.15, -0.1) is 0 Å². The number of hydrogen-bond acceptors (Lipinski definition) is 5. The molecular formula is C31H30N2O4S. The molecule has 0 spiro atoms. The highest BCUT2D eigenvalue weighted by molar-refractivity contribution is 7.89. The molecule has 0 fully saturated rings. The summed E-state index contributed by atoms with van der Waals surface area (Å²) in [6, 6.07) is 23.7. The highest BCUT2D eigenvalue weighted by Crippen LogP contribution is 2.43. The maximum atomic E-state index is 14.1. The Morgan fingerprint density at radius 3 is 2.26 bits per heavy atom. The Labute approximate surface area is 224 Å². The van der Waals surface area contributed by atoms with Gasteiger partial charge in [0.15, 0.2) is 0 Å². The van der Waals surface area contributed by atoms with Crippen LogP contribution in [0.3, 0.4) is 0 Å². The van der Waals surface area contributed by atoms with E-state index in [-0.39, 0.29) is 10.6 Å². The minimum Gasteiger partial charge on any atom is -0.457 e. The number of para-hydroxylation sites is 1. The fourth-order valence-corrected chi connectivity index (χ4v) is 6.01. The van der Waals surface area contributed by atoms with Crippen LogP contribution in [0.5, 0.6) is 0 Å². The predicted molar refractivity (Wildman–Crippen MR) is 150 cm³/mol. The van der Waals surface area contributed by atoms with E-state index in [0.29, 0.717) is 5.70 Å². The average Bonchev–Trinajstić information content (AvgIpc) is 2.88. The number of nitrogens with zero attached hydrogens (tertiary/aromatic N) is 2. The average molecular weight is 527 g/mol. The quantitative estimate of drug-likeness (QED) is 0.302. The fraction of sp³-hybridized carbons (Fsp3) is 0.194. The second-order valence-corrected chi connectivity index (χ2v) is 12.1. The molecule has 3 aromatic rings. The smallest absolute Gasteiger partial charge is 0.333 e. The lowest BCUT2D eigenvalue weighted by Gasteiger charge is -2.45. The van der Waals surface area contributed by atoms with Crippen molar-refractivity contribution < 1.29 is 17.9 Å². The third kappa shape index (κ3) is 4.89. The summed E-state index contributed by atoms with van der Waals surface area (Å²) in [6.07, 6.45) is 6.79. The highest BCUT2D eigenvalue weighted by atomic mass is 32.2. The van der Waals surface area contributed by atoms with Crippen molar-refractivity contribution in [3.05, 3.63) is 120 Å². The molecule has 0 amide bonds. The van der Waals surface area contributed by atoms with Crippen molar-refractivity contribution in [2.24, 2.45) is 0 Å². The van der Waals surface area contributed by atoms with Gasteiger partial charge >= 0.3 is 5.97 Å². The van der Waals surface area contributed by atoms with Gasteiger partial charge in [-0.05, 0) is 57.0 Å².